The number of hydrogen-bond acceptors (Lipinski definition) is 5. The van der Waals surface area contributed by atoms with Gasteiger partial charge >= 0.3 is 0 Å². The normalized spacial score (nSPS) is 9.94. The molecule has 2 heterocycles. The summed E-state index contributed by atoms with van der Waals surface area (Å²) in [5, 5.41) is 9.37. The molecule has 0 spiro atoms. The Morgan fingerprint density at radius 3 is 3.06 bits per heavy atom. The number of amides is 1. The summed E-state index contributed by atoms with van der Waals surface area (Å²) in [5.74, 6) is -0.181. The second kappa shape index (κ2) is 5.11. The molecule has 0 aliphatic heterocycles. The van der Waals surface area contributed by atoms with Crippen LogP contribution in [0.3, 0.4) is 0 Å². The van der Waals surface area contributed by atoms with Crippen molar-refractivity contribution < 1.29 is 9.32 Å². The van der Waals surface area contributed by atoms with Crippen molar-refractivity contribution in [1.82, 2.24) is 15.5 Å². The fourth-order valence-electron chi connectivity index (χ4n) is 1.39. The Kier molecular flexibility index (Phi) is 3.34. The van der Waals surface area contributed by atoms with Gasteiger partial charge in [0.25, 0.3) is 5.91 Å². The van der Waals surface area contributed by atoms with E-state index in [-0.39, 0.29) is 5.91 Å². The molecule has 2 aromatic heterocycles. The van der Waals surface area contributed by atoms with Crippen LogP contribution in [0.5, 0.6) is 0 Å². The molecule has 0 saturated heterocycles. The summed E-state index contributed by atoms with van der Waals surface area (Å²) < 4.78 is 4.67. The lowest BCUT2D eigenvalue weighted by Gasteiger charge is -2.07. The molecule has 0 atom stereocenters. The first-order valence-electron chi connectivity index (χ1n) is 5.10. The zero-order valence-corrected chi connectivity index (χ0v) is 9.30. The van der Waals surface area contributed by atoms with Gasteiger partial charge in [-0.15, -0.1) is 0 Å². The number of rotatable bonds is 4. The molecule has 6 heteroatoms. The summed E-state index contributed by atoms with van der Waals surface area (Å²) in [6.07, 6.45) is 4.64. The van der Waals surface area contributed by atoms with Gasteiger partial charge in [0.2, 0.25) is 0 Å². The fourth-order valence-corrected chi connectivity index (χ4v) is 1.39. The summed E-state index contributed by atoms with van der Waals surface area (Å²) >= 11 is 0. The van der Waals surface area contributed by atoms with Crippen molar-refractivity contribution in [3.8, 4) is 0 Å². The Balaban J connectivity index is 2.04. The summed E-state index contributed by atoms with van der Waals surface area (Å²) in [6.45, 7) is 0.334. The van der Waals surface area contributed by atoms with Crippen LogP contribution < -0.4 is 10.6 Å². The smallest absolute Gasteiger partial charge is 0.253 e. The van der Waals surface area contributed by atoms with E-state index in [2.05, 4.69) is 25.3 Å². The molecule has 0 radical (unpaired) electrons. The molecule has 0 fully saturated rings. The largest absolute Gasteiger partial charge is 0.386 e. The second-order valence-electron chi connectivity index (χ2n) is 3.34. The van der Waals surface area contributed by atoms with Crippen LogP contribution in [0.2, 0.25) is 0 Å². The van der Waals surface area contributed by atoms with Crippen molar-refractivity contribution in [2.24, 2.45) is 0 Å². The lowest BCUT2D eigenvalue weighted by Crippen LogP contribution is -2.23. The molecule has 2 N–H and O–H groups in total. The van der Waals surface area contributed by atoms with Gasteiger partial charge in [0.1, 0.15) is 12.0 Å². The van der Waals surface area contributed by atoms with Crippen LogP contribution in [0.15, 0.2) is 35.3 Å². The number of nitrogens with one attached hydrogen (secondary N) is 2. The Hall–Kier alpha value is -2.37. The van der Waals surface area contributed by atoms with Crippen LogP contribution >= 0.6 is 0 Å². The van der Waals surface area contributed by atoms with Gasteiger partial charge in [0.15, 0.2) is 0 Å². The van der Waals surface area contributed by atoms with Crippen molar-refractivity contribution in [3.63, 3.8) is 0 Å². The Bertz CT molecular complexity index is 496. The lowest BCUT2D eigenvalue weighted by atomic mass is 10.2. The highest BCUT2D eigenvalue weighted by Crippen LogP contribution is 2.12. The van der Waals surface area contributed by atoms with Crippen molar-refractivity contribution in [3.05, 3.63) is 42.0 Å². The van der Waals surface area contributed by atoms with Crippen LogP contribution in [-0.4, -0.2) is 23.1 Å². The first-order valence-corrected chi connectivity index (χ1v) is 5.10. The van der Waals surface area contributed by atoms with E-state index in [0.29, 0.717) is 23.5 Å². The van der Waals surface area contributed by atoms with Crippen molar-refractivity contribution in [2.45, 2.75) is 6.54 Å². The first kappa shape index (κ1) is 11.1. The number of carbonyl (C=O) groups is 1. The fraction of sp³-hybridized carbons (Fsp3) is 0.182. The molecule has 0 unspecified atom stereocenters. The lowest BCUT2D eigenvalue weighted by molar-refractivity contribution is 0.0951. The number of carbonyl (C=O) groups excluding carboxylic acids is 1. The molecule has 0 aliphatic carbocycles. The quantitative estimate of drug-likeness (QED) is 0.823. The van der Waals surface area contributed by atoms with Crippen LogP contribution in [0.25, 0.3) is 0 Å². The minimum absolute atomic E-state index is 0.181. The van der Waals surface area contributed by atoms with Crippen LogP contribution in [0.4, 0.5) is 5.69 Å². The zero-order valence-electron chi connectivity index (χ0n) is 9.30. The third-order valence-corrected chi connectivity index (χ3v) is 2.26. The van der Waals surface area contributed by atoms with Gasteiger partial charge < -0.3 is 15.2 Å². The van der Waals surface area contributed by atoms with Crippen LogP contribution in [0, 0.1) is 0 Å². The van der Waals surface area contributed by atoms with E-state index in [1.807, 2.05) is 0 Å². The number of nitrogens with zero attached hydrogens (tertiary/aromatic N) is 2. The summed E-state index contributed by atoms with van der Waals surface area (Å²) in [5.41, 5.74) is 1.91. The number of hydrogen-bond donors (Lipinski definition) is 2. The highest BCUT2D eigenvalue weighted by Gasteiger charge is 2.10. The molecule has 1 amide bonds. The zero-order chi connectivity index (χ0) is 12.1. The van der Waals surface area contributed by atoms with Gasteiger partial charge in [-0.05, 0) is 6.07 Å². The highest BCUT2D eigenvalue weighted by atomic mass is 16.5. The monoisotopic (exact) mass is 232 g/mol. The predicted octanol–water partition coefficient (Wildman–Crippen LogP) is 1.04. The van der Waals surface area contributed by atoms with E-state index in [1.54, 1.807) is 31.6 Å². The standard InChI is InChI=1S/C11H12N4O2/c1-12-10-7-13-4-2-9(10)11(16)14-6-8-3-5-17-15-8/h2-5,7,12H,6H2,1H3,(H,14,16). The topological polar surface area (TPSA) is 80.0 Å². The third kappa shape index (κ3) is 2.60. The Morgan fingerprint density at radius 2 is 2.35 bits per heavy atom. The molecule has 2 aromatic rings. The van der Waals surface area contributed by atoms with E-state index in [1.165, 1.54) is 6.26 Å². The number of anilines is 1. The van der Waals surface area contributed by atoms with Gasteiger partial charge in [-0.25, -0.2) is 0 Å². The molecule has 0 saturated carbocycles. The molecular formula is C11H12N4O2. The van der Waals surface area contributed by atoms with Gasteiger partial charge in [-0.1, -0.05) is 5.16 Å². The maximum absolute atomic E-state index is 11.9. The molecule has 0 bridgehead atoms. The molecule has 88 valence electrons. The third-order valence-electron chi connectivity index (χ3n) is 2.26. The molecule has 0 aromatic carbocycles. The van der Waals surface area contributed by atoms with Crippen molar-refractivity contribution in [2.75, 3.05) is 12.4 Å². The second-order valence-corrected chi connectivity index (χ2v) is 3.34. The average Bonchev–Trinajstić information content (AvgIpc) is 2.89. The van der Waals surface area contributed by atoms with Crippen LogP contribution in [0.1, 0.15) is 16.1 Å². The minimum atomic E-state index is -0.181. The Morgan fingerprint density at radius 1 is 1.47 bits per heavy atom. The predicted molar refractivity (Wildman–Crippen MR) is 61.5 cm³/mol. The maximum Gasteiger partial charge on any atom is 0.253 e. The van der Waals surface area contributed by atoms with E-state index >= 15 is 0 Å². The molecule has 0 aliphatic rings. The van der Waals surface area contributed by atoms with E-state index in [9.17, 15) is 4.79 Å². The highest BCUT2D eigenvalue weighted by molar-refractivity contribution is 5.99. The molecule has 17 heavy (non-hydrogen) atoms. The molecule has 6 nitrogen and oxygen atoms in total. The van der Waals surface area contributed by atoms with Gasteiger partial charge in [-0.3, -0.25) is 9.78 Å². The van der Waals surface area contributed by atoms with Crippen LogP contribution in [-0.2, 0) is 6.54 Å². The molecule has 2 rings (SSSR count). The summed E-state index contributed by atoms with van der Waals surface area (Å²) in [4.78, 5) is 15.8. The van der Waals surface area contributed by atoms with E-state index in [4.69, 9.17) is 0 Å². The first-order chi connectivity index (χ1) is 8.31. The van der Waals surface area contributed by atoms with Gasteiger partial charge in [0, 0.05) is 19.3 Å². The summed E-state index contributed by atoms with van der Waals surface area (Å²) in [7, 11) is 1.74. The van der Waals surface area contributed by atoms with E-state index in [0.717, 1.165) is 0 Å². The van der Waals surface area contributed by atoms with Gasteiger partial charge in [0.05, 0.1) is 24.0 Å². The van der Waals surface area contributed by atoms with E-state index < -0.39 is 0 Å². The maximum atomic E-state index is 11.9. The Labute approximate surface area is 98.0 Å². The SMILES string of the molecule is CNc1cnccc1C(=O)NCc1ccon1. The minimum Gasteiger partial charge on any atom is -0.386 e. The van der Waals surface area contributed by atoms with Gasteiger partial charge in [-0.2, -0.15) is 0 Å². The summed E-state index contributed by atoms with van der Waals surface area (Å²) in [6, 6.07) is 3.36. The average molecular weight is 232 g/mol. The molecular weight excluding hydrogens is 220 g/mol. The number of pyridine rings is 1. The number of aromatic nitrogens is 2. The van der Waals surface area contributed by atoms with Crippen molar-refractivity contribution >= 4 is 11.6 Å². The van der Waals surface area contributed by atoms with Crippen molar-refractivity contribution in [1.29, 1.82) is 0 Å².